The molecule has 1 heterocycles. The van der Waals surface area contributed by atoms with Crippen LogP contribution in [0, 0.1) is 5.92 Å². The van der Waals surface area contributed by atoms with Crippen LogP contribution in [0.25, 0.3) is 0 Å². The van der Waals surface area contributed by atoms with E-state index >= 15 is 0 Å². The summed E-state index contributed by atoms with van der Waals surface area (Å²) in [5.41, 5.74) is 1.36. The average molecular weight is 258 g/mol. The maximum atomic E-state index is 11.8. The number of hydrogen-bond donors (Lipinski definition) is 1. The van der Waals surface area contributed by atoms with E-state index in [-0.39, 0.29) is 5.91 Å². The van der Waals surface area contributed by atoms with E-state index in [9.17, 15) is 4.79 Å². The molecule has 0 aromatic heterocycles. The lowest BCUT2D eigenvalue weighted by molar-refractivity contribution is -0.123. The zero-order valence-corrected chi connectivity index (χ0v) is 11.3. The highest BCUT2D eigenvalue weighted by atomic mass is 16.2. The van der Waals surface area contributed by atoms with E-state index in [2.05, 4.69) is 40.5 Å². The van der Waals surface area contributed by atoms with Gasteiger partial charge in [0, 0.05) is 25.0 Å². The molecule has 102 valence electrons. The van der Waals surface area contributed by atoms with E-state index in [4.69, 9.17) is 0 Å². The van der Waals surface area contributed by atoms with Gasteiger partial charge in [-0.25, -0.2) is 0 Å². The van der Waals surface area contributed by atoms with Gasteiger partial charge in [0.15, 0.2) is 0 Å². The minimum atomic E-state index is 0.284. The predicted molar refractivity (Wildman–Crippen MR) is 75.6 cm³/mol. The Morgan fingerprint density at radius 2 is 2.00 bits per heavy atom. The summed E-state index contributed by atoms with van der Waals surface area (Å²) in [6.07, 6.45) is 4.49. The number of rotatable bonds is 4. The van der Waals surface area contributed by atoms with E-state index in [0.717, 1.165) is 38.9 Å². The van der Waals surface area contributed by atoms with Crippen LogP contribution in [0.5, 0.6) is 0 Å². The molecule has 1 amide bonds. The quantitative estimate of drug-likeness (QED) is 0.897. The van der Waals surface area contributed by atoms with Crippen molar-refractivity contribution in [2.24, 2.45) is 5.92 Å². The van der Waals surface area contributed by atoms with Gasteiger partial charge in [-0.3, -0.25) is 9.69 Å². The van der Waals surface area contributed by atoms with Crippen molar-refractivity contribution < 1.29 is 4.79 Å². The van der Waals surface area contributed by atoms with Gasteiger partial charge in [-0.2, -0.15) is 0 Å². The van der Waals surface area contributed by atoms with Crippen LogP contribution >= 0.6 is 0 Å². The van der Waals surface area contributed by atoms with Crippen LogP contribution in [0.2, 0.25) is 0 Å². The fraction of sp³-hybridized carbons (Fsp3) is 0.562. The first-order chi connectivity index (χ1) is 9.31. The SMILES string of the molecule is O=C(N[C@@H]1CCCN(Cc2ccccc2)C1)C1CC1. The van der Waals surface area contributed by atoms with Crippen molar-refractivity contribution in [3.63, 3.8) is 0 Å². The Kier molecular flexibility index (Phi) is 3.83. The van der Waals surface area contributed by atoms with Gasteiger partial charge in [-0.15, -0.1) is 0 Å². The molecule has 3 nitrogen and oxygen atoms in total. The van der Waals surface area contributed by atoms with Crippen molar-refractivity contribution in [2.45, 2.75) is 38.3 Å². The summed E-state index contributed by atoms with van der Waals surface area (Å²) in [5, 5.41) is 3.22. The fourth-order valence-electron chi connectivity index (χ4n) is 2.82. The first kappa shape index (κ1) is 12.7. The molecule has 1 saturated carbocycles. The van der Waals surface area contributed by atoms with Crippen molar-refractivity contribution in [1.29, 1.82) is 0 Å². The van der Waals surface area contributed by atoms with Gasteiger partial charge in [-0.1, -0.05) is 30.3 Å². The molecule has 1 N–H and O–H groups in total. The van der Waals surface area contributed by atoms with Gasteiger partial charge in [0.2, 0.25) is 5.91 Å². The third-order valence-electron chi connectivity index (χ3n) is 4.05. The van der Waals surface area contributed by atoms with Gasteiger partial charge in [-0.05, 0) is 37.8 Å². The van der Waals surface area contributed by atoms with Gasteiger partial charge >= 0.3 is 0 Å². The van der Waals surface area contributed by atoms with Crippen LogP contribution in [-0.2, 0) is 11.3 Å². The van der Waals surface area contributed by atoms with Crippen molar-refractivity contribution in [3.8, 4) is 0 Å². The zero-order valence-electron chi connectivity index (χ0n) is 11.3. The van der Waals surface area contributed by atoms with Crippen LogP contribution in [0.1, 0.15) is 31.2 Å². The Morgan fingerprint density at radius 1 is 1.21 bits per heavy atom. The lowest BCUT2D eigenvalue weighted by Gasteiger charge is -2.33. The Labute approximate surface area is 115 Å². The molecule has 0 bridgehead atoms. The van der Waals surface area contributed by atoms with Crippen molar-refractivity contribution in [3.05, 3.63) is 35.9 Å². The molecule has 0 radical (unpaired) electrons. The molecule has 0 unspecified atom stereocenters. The minimum Gasteiger partial charge on any atom is -0.352 e. The summed E-state index contributed by atoms with van der Waals surface area (Å²) in [5.74, 6) is 0.607. The number of carbonyl (C=O) groups excluding carboxylic acids is 1. The summed E-state index contributed by atoms with van der Waals surface area (Å²) in [4.78, 5) is 14.3. The van der Waals surface area contributed by atoms with Crippen molar-refractivity contribution in [2.75, 3.05) is 13.1 Å². The van der Waals surface area contributed by atoms with Crippen LogP contribution in [0.3, 0.4) is 0 Å². The number of carbonyl (C=O) groups is 1. The molecule has 3 rings (SSSR count). The predicted octanol–water partition coefficient (Wildman–Crippen LogP) is 2.18. The lowest BCUT2D eigenvalue weighted by atomic mass is 10.0. The average Bonchev–Trinajstić information content (AvgIpc) is 3.24. The molecule has 1 aromatic rings. The molecule has 1 aromatic carbocycles. The van der Waals surface area contributed by atoms with Crippen molar-refractivity contribution in [1.82, 2.24) is 10.2 Å². The van der Waals surface area contributed by atoms with E-state index in [1.54, 1.807) is 0 Å². The van der Waals surface area contributed by atoms with E-state index < -0.39 is 0 Å². The lowest BCUT2D eigenvalue weighted by Crippen LogP contribution is -2.47. The van der Waals surface area contributed by atoms with Crippen LogP contribution in [0.4, 0.5) is 0 Å². The first-order valence-electron chi connectivity index (χ1n) is 7.38. The number of nitrogens with zero attached hydrogens (tertiary/aromatic N) is 1. The molecule has 2 fully saturated rings. The van der Waals surface area contributed by atoms with Gasteiger partial charge in [0.05, 0.1) is 0 Å². The summed E-state index contributed by atoms with van der Waals surface area (Å²) >= 11 is 0. The summed E-state index contributed by atoms with van der Waals surface area (Å²) in [6.45, 7) is 3.13. The van der Waals surface area contributed by atoms with Crippen LogP contribution < -0.4 is 5.32 Å². The summed E-state index contributed by atoms with van der Waals surface area (Å²) in [7, 11) is 0. The Morgan fingerprint density at radius 3 is 2.74 bits per heavy atom. The molecular formula is C16H22N2O. The van der Waals surface area contributed by atoms with E-state index in [1.165, 1.54) is 12.0 Å². The van der Waals surface area contributed by atoms with E-state index in [1.807, 2.05) is 0 Å². The molecule has 1 aliphatic heterocycles. The number of likely N-dealkylation sites (tertiary alicyclic amines) is 1. The molecule has 19 heavy (non-hydrogen) atoms. The smallest absolute Gasteiger partial charge is 0.223 e. The second-order valence-corrected chi connectivity index (χ2v) is 5.84. The Balaban J connectivity index is 1.51. The molecule has 3 heteroatoms. The third kappa shape index (κ3) is 3.57. The van der Waals surface area contributed by atoms with Gasteiger partial charge in [0.1, 0.15) is 0 Å². The molecule has 2 aliphatic rings. The summed E-state index contributed by atoms with van der Waals surface area (Å²) < 4.78 is 0. The van der Waals surface area contributed by atoms with Crippen LogP contribution in [-0.4, -0.2) is 29.9 Å². The third-order valence-corrected chi connectivity index (χ3v) is 4.05. The maximum absolute atomic E-state index is 11.8. The van der Waals surface area contributed by atoms with Crippen LogP contribution in [0.15, 0.2) is 30.3 Å². The monoisotopic (exact) mass is 258 g/mol. The maximum Gasteiger partial charge on any atom is 0.223 e. The second kappa shape index (κ2) is 5.74. The highest BCUT2D eigenvalue weighted by molar-refractivity contribution is 5.81. The molecule has 1 saturated heterocycles. The minimum absolute atomic E-state index is 0.284. The molecule has 1 aliphatic carbocycles. The molecule has 0 spiro atoms. The fourth-order valence-corrected chi connectivity index (χ4v) is 2.82. The van der Waals surface area contributed by atoms with Gasteiger partial charge in [0.25, 0.3) is 0 Å². The number of nitrogens with one attached hydrogen (secondary N) is 1. The number of benzene rings is 1. The molecule has 1 atom stereocenters. The highest BCUT2D eigenvalue weighted by Gasteiger charge is 2.31. The number of piperidine rings is 1. The zero-order chi connectivity index (χ0) is 13.1. The number of amides is 1. The number of hydrogen-bond acceptors (Lipinski definition) is 2. The topological polar surface area (TPSA) is 32.3 Å². The first-order valence-corrected chi connectivity index (χ1v) is 7.38. The standard InChI is InChI=1S/C16H22N2O/c19-16(14-8-9-14)17-15-7-4-10-18(12-15)11-13-5-2-1-3-6-13/h1-3,5-6,14-15H,4,7-12H2,(H,17,19)/t15-/m1/s1. The normalized spacial score (nSPS) is 24.1. The van der Waals surface area contributed by atoms with Gasteiger partial charge < -0.3 is 5.32 Å². The largest absolute Gasteiger partial charge is 0.352 e. The van der Waals surface area contributed by atoms with E-state index in [0.29, 0.717) is 12.0 Å². The summed E-state index contributed by atoms with van der Waals surface area (Å²) in [6, 6.07) is 10.9. The Hall–Kier alpha value is -1.35. The second-order valence-electron chi connectivity index (χ2n) is 5.84. The Bertz CT molecular complexity index is 428. The molecular weight excluding hydrogens is 236 g/mol. The highest BCUT2D eigenvalue weighted by Crippen LogP contribution is 2.29. The van der Waals surface area contributed by atoms with Crippen molar-refractivity contribution >= 4 is 5.91 Å².